The van der Waals surface area contributed by atoms with Crippen LogP contribution in [-0.4, -0.2) is 15.1 Å². The molecule has 0 saturated carbocycles. The number of nitrogens with zero attached hydrogens (tertiary/aromatic N) is 2. The molecule has 5 heteroatoms. The molecule has 2 N–H and O–H groups in total. The van der Waals surface area contributed by atoms with Gasteiger partial charge in [-0.15, -0.1) is 0 Å². The molecule has 0 aliphatic rings. The van der Waals surface area contributed by atoms with E-state index in [1.807, 2.05) is 0 Å². The molecular formula is C14H19N3S2. The van der Waals surface area contributed by atoms with E-state index < -0.39 is 0 Å². The van der Waals surface area contributed by atoms with Gasteiger partial charge in [-0.1, -0.05) is 49.9 Å². The zero-order valence-corrected chi connectivity index (χ0v) is 12.9. The van der Waals surface area contributed by atoms with E-state index >= 15 is 0 Å². The van der Waals surface area contributed by atoms with E-state index in [9.17, 15) is 0 Å². The van der Waals surface area contributed by atoms with Crippen molar-refractivity contribution in [1.82, 2.24) is 9.36 Å². The molecule has 2 rings (SSSR count). The number of benzene rings is 1. The van der Waals surface area contributed by atoms with Crippen LogP contribution in [0.2, 0.25) is 0 Å². The van der Waals surface area contributed by atoms with Gasteiger partial charge in [0.15, 0.2) is 4.34 Å². The molecule has 3 nitrogen and oxygen atoms in total. The maximum Gasteiger partial charge on any atom is 0.170 e. The number of aromatic nitrogens is 2. The van der Waals surface area contributed by atoms with Crippen molar-refractivity contribution in [1.29, 1.82) is 0 Å². The van der Waals surface area contributed by atoms with E-state index in [4.69, 9.17) is 5.73 Å². The SMILES string of the molecule is CCc1ccc(C(N)CSc2nc(CC)ns2)cc1. The van der Waals surface area contributed by atoms with Gasteiger partial charge < -0.3 is 5.73 Å². The molecule has 0 fully saturated rings. The third kappa shape index (κ3) is 4.03. The first-order chi connectivity index (χ1) is 9.22. The molecule has 1 unspecified atom stereocenters. The monoisotopic (exact) mass is 293 g/mol. The summed E-state index contributed by atoms with van der Waals surface area (Å²) in [4.78, 5) is 4.44. The van der Waals surface area contributed by atoms with Crippen LogP contribution in [0.25, 0.3) is 0 Å². The van der Waals surface area contributed by atoms with Crippen LogP contribution in [0.4, 0.5) is 0 Å². The van der Waals surface area contributed by atoms with Gasteiger partial charge in [-0.25, -0.2) is 4.98 Å². The molecule has 1 aromatic carbocycles. The van der Waals surface area contributed by atoms with Gasteiger partial charge in [-0.2, -0.15) is 4.37 Å². The fraction of sp³-hybridized carbons (Fsp3) is 0.429. The maximum atomic E-state index is 6.21. The minimum Gasteiger partial charge on any atom is -0.323 e. The summed E-state index contributed by atoms with van der Waals surface area (Å²) >= 11 is 3.15. The molecular weight excluding hydrogens is 274 g/mol. The molecule has 1 aromatic heterocycles. The Morgan fingerprint density at radius 3 is 2.53 bits per heavy atom. The van der Waals surface area contributed by atoms with Crippen LogP contribution < -0.4 is 5.73 Å². The van der Waals surface area contributed by atoms with Crippen LogP contribution >= 0.6 is 23.3 Å². The number of thioether (sulfide) groups is 1. The molecule has 0 radical (unpaired) electrons. The number of aryl methyl sites for hydroxylation is 2. The minimum absolute atomic E-state index is 0.0462. The Morgan fingerprint density at radius 1 is 1.21 bits per heavy atom. The first kappa shape index (κ1) is 14.5. The topological polar surface area (TPSA) is 51.8 Å². The molecule has 19 heavy (non-hydrogen) atoms. The fourth-order valence-electron chi connectivity index (χ4n) is 1.70. The summed E-state index contributed by atoms with van der Waals surface area (Å²) in [6.07, 6.45) is 1.95. The van der Waals surface area contributed by atoms with Crippen molar-refractivity contribution in [3.63, 3.8) is 0 Å². The lowest BCUT2D eigenvalue weighted by molar-refractivity contribution is 0.829. The molecule has 1 atom stereocenters. The highest BCUT2D eigenvalue weighted by molar-refractivity contribution is 8.00. The molecule has 0 aliphatic heterocycles. The van der Waals surface area contributed by atoms with Gasteiger partial charge in [0.2, 0.25) is 0 Å². The average Bonchev–Trinajstić information content (AvgIpc) is 2.93. The summed E-state index contributed by atoms with van der Waals surface area (Å²) in [5, 5.41) is 0. The first-order valence-electron chi connectivity index (χ1n) is 6.52. The van der Waals surface area contributed by atoms with Crippen LogP contribution in [0.5, 0.6) is 0 Å². The lowest BCUT2D eigenvalue weighted by atomic mass is 10.1. The predicted molar refractivity (Wildman–Crippen MR) is 82.8 cm³/mol. The highest BCUT2D eigenvalue weighted by atomic mass is 32.2. The normalized spacial score (nSPS) is 12.6. The van der Waals surface area contributed by atoms with Crippen molar-refractivity contribution in [3.05, 3.63) is 41.2 Å². The highest BCUT2D eigenvalue weighted by Crippen LogP contribution is 2.25. The quantitative estimate of drug-likeness (QED) is 0.829. The lowest BCUT2D eigenvalue weighted by Gasteiger charge is -2.11. The molecule has 0 bridgehead atoms. The van der Waals surface area contributed by atoms with Gasteiger partial charge in [0.05, 0.1) is 0 Å². The average molecular weight is 293 g/mol. The van der Waals surface area contributed by atoms with Gasteiger partial charge in [-0.05, 0) is 29.1 Å². The smallest absolute Gasteiger partial charge is 0.170 e. The first-order valence-corrected chi connectivity index (χ1v) is 8.28. The van der Waals surface area contributed by atoms with E-state index in [0.29, 0.717) is 0 Å². The molecule has 0 spiro atoms. The van der Waals surface area contributed by atoms with Crippen LogP contribution in [-0.2, 0) is 12.8 Å². The van der Waals surface area contributed by atoms with Crippen LogP contribution in [0.15, 0.2) is 28.6 Å². The fourth-order valence-corrected chi connectivity index (χ4v) is 3.41. The molecule has 0 amide bonds. The zero-order valence-electron chi connectivity index (χ0n) is 11.3. The Morgan fingerprint density at radius 2 is 1.95 bits per heavy atom. The predicted octanol–water partition coefficient (Wildman–Crippen LogP) is 3.46. The minimum atomic E-state index is 0.0462. The molecule has 2 aromatic rings. The summed E-state index contributed by atoms with van der Waals surface area (Å²) < 4.78 is 5.29. The Kier molecular flexibility index (Phi) is 5.36. The van der Waals surface area contributed by atoms with Crippen molar-refractivity contribution in [2.24, 2.45) is 5.73 Å². The Bertz CT molecular complexity index is 508. The van der Waals surface area contributed by atoms with Crippen molar-refractivity contribution in [2.75, 3.05) is 5.75 Å². The third-order valence-corrected chi connectivity index (χ3v) is 4.96. The van der Waals surface area contributed by atoms with Crippen LogP contribution in [0.1, 0.15) is 36.8 Å². The van der Waals surface area contributed by atoms with Crippen molar-refractivity contribution < 1.29 is 0 Å². The third-order valence-electron chi connectivity index (χ3n) is 2.97. The van der Waals surface area contributed by atoms with Crippen LogP contribution in [0.3, 0.4) is 0 Å². The Labute approximate surface area is 122 Å². The Balaban J connectivity index is 1.90. The largest absolute Gasteiger partial charge is 0.323 e. The van der Waals surface area contributed by atoms with Gasteiger partial charge in [0, 0.05) is 18.2 Å². The maximum absolute atomic E-state index is 6.21. The lowest BCUT2D eigenvalue weighted by Crippen LogP contribution is -2.12. The van der Waals surface area contributed by atoms with E-state index in [1.165, 1.54) is 22.7 Å². The standard InChI is InChI=1S/C14H19N3S2/c1-3-10-5-7-11(8-6-10)12(15)9-18-14-16-13(4-2)17-19-14/h5-8,12H,3-4,9,15H2,1-2H3. The number of hydrogen-bond acceptors (Lipinski definition) is 5. The van der Waals surface area contributed by atoms with E-state index in [0.717, 1.165) is 28.8 Å². The summed E-state index contributed by atoms with van der Waals surface area (Å²) in [5.74, 6) is 1.76. The van der Waals surface area contributed by atoms with Crippen molar-refractivity contribution >= 4 is 23.3 Å². The van der Waals surface area contributed by atoms with Gasteiger partial charge in [0.1, 0.15) is 5.82 Å². The van der Waals surface area contributed by atoms with Crippen molar-refractivity contribution in [2.45, 2.75) is 37.1 Å². The van der Waals surface area contributed by atoms with E-state index in [2.05, 4.69) is 47.5 Å². The molecule has 102 valence electrons. The summed E-state index contributed by atoms with van der Waals surface area (Å²) in [6, 6.07) is 8.60. The van der Waals surface area contributed by atoms with Gasteiger partial charge >= 0.3 is 0 Å². The van der Waals surface area contributed by atoms with E-state index in [-0.39, 0.29) is 6.04 Å². The second-order valence-electron chi connectivity index (χ2n) is 4.34. The van der Waals surface area contributed by atoms with Gasteiger partial charge in [0.25, 0.3) is 0 Å². The summed E-state index contributed by atoms with van der Waals surface area (Å²) in [6.45, 7) is 4.23. The highest BCUT2D eigenvalue weighted by Gasteiger charge is 2.09. The van der Waals surface area contributed by atoms with Crippen LogP contribution in [0, 0.1) is 0 Å². The molecule has 1 heterocycles. The van der Waals surface area contributed by atoms with Crippen molar-refractivity contribution in [3.8, 4) is 0 Å². The number of rotatable bonds is 6. The summed E-state index contributed by atoms with van der Waals surface area (Å²) in [7, 11) is 0. The van der Waals surface area contributed by atoms with E-state index in [1.54, 1.807) is 11.8 Å². The molecule has 0 aliphatic carbocycles. The van der Waals surface area contributed by atoms with Gasteiger partial charge in [-0.3, -0.25) is 0 Å². The number of hydrogen-bond donors (Lipinski definition) is 1. The second-order valence-corrected chi connectivity index (χ2v) is 6.36. The number of nitrogens with two attached hydrogens (primary N) is 1. The zero-order chi connectivity index (χ0) is 13.7. The second kappa shape index (κ2) is 7.03. The summed E-state index contributed by atoms with van der Waals surface area (Å²) in [5.41, 5.74) is 8.74. The molecule has 0 saturated heterocycles. The Hall–Kier alpha value is -0.910.